The molecule has 29 heavy (non-hydrogen) atoms. The number of phenols is 1. The zero-order valence-electron chi connectivity index (χ0n) is 15.9. The quantitative estimate of drug-likeness (QED) is 0.400. The number of nitrogens with zero attached hydrogens (tertiary/aromatic N) is 1. The van der Waals surface area contributed by atoms with Crippen LogP contribution in [0.5, 0.6) is 11.5 Å². The maximum absolute atomic E-state index is 12.6. The van der Waals surface area contributed by atoms with Crippen LogP contribution in [0, 0.1) is 6.92 Å². The molecule has 3 aromatic carbocycles. The predicted molar refractivity (Wildman–Crippen MR) is 116 cm³/mol. The number of hydrazone groups is 1. The standard InChI is InChI=1S/C22H20ClN3O3/c1-14-4-3-5-17(10-14)25-19-12-16(23)7-8-18(19)22(28)26-24-13-15-6-9-20(27)21(11-15)29-2/h3-13,25,27H,1-2H3,(H,26,28)/b24-13+. The molecule has 7 heteroatoms. The van der Waals surface area contributed by atoms with Gasteiger partial charge in [-0.3, -0.25) is 4.79 Å². The van der Waals surface area contributed by atoms with Crippen molar-refractivity contribution >= 4 is 35.1 Å². The molecule has 3 N–H and O–H groups in total. The molecule has 0 saturated carbocycles. The van der Waals surface area contributed by atoms with Crippen LogP contribution in [0.3, 0.4) is 0 Å². The van der Waals surface area contributed by atoms with E-state index in [0.29, 0.717) is 27.6 Å². The summed E-state index contributed by atoms with van der Waals surface area (Å²) in [6.45, 7) is 1.99. The second kappa shape index (κ2) is 9.12. The van der Waals surface area contributed by atoms with Crippen LogP contribution in [-0.4, -0.2) is 24.3 Å². The molecule has 3 rings (SSSR count). The molecule has 0 spiro atoms. The Morgan fingerprint density at radius 2 is 1.97 bits per heavy atom. The molecular formula is C22H20ClN3O3. The second-order valence-corrected chi connectivity index (χ2v) is 6.75. The molecule has 148 valence electrons. The van der Waals surface area contributed by atoms with Gasteiger partial charge in [0, 0.05) is 10.7 Å². The van der Waals surface area contributed by atoms with Crippen LogP contribution in [0.2, 0.25) is 5.02 Å². The van der Waals surface area contributed by atoms with Crippen molar-refractivity contribution in [2.45, 2.75) is 6.92 Å². The molecule has 0 bridgehead atoms. The third kappa shape index (κ3) is 5.27. The van der Waals surface area contributed by atoms with Gasteiger partial charge in [0.05, 0.1) is 24.6 Å². The number of aryl methyl sites for hydroxylation is 1. The van der Waals surface area contributed by atoms with E-state index in [9.17, 15) is 9.90 Å². The highest BCUT2D eigenvalue weighted by atomic mass is 35.5. The minimum atomic E-state index is -0.390. The Bertz CT molecular complexity index is 1070. The summed E-state index contributed by atoms with van der Waals surface area (Å²) in [4.78, 5) is 12.6. The first kappa shape index (κ1) is 20.2. The summed E-state index contributed by atoms with van der Waals surface area (Å²) >= 11 is 6.11. The lowest BCUT2D eigenvalue weighted by atomic mass is 10.1. The van der Waals surface area contributed by atoms with E-state index in [4.69, 9.17) is 16.3 Å². The van der Waals surface area contributed by atoms with Gasteiger partial charge in [0.2, 0.25) is 0 Å². The number of ether oxygens (including phenoxy) is 1. The van der Waals surface area contributed by atoms with Gasteiger partial charge in [0.15, 0.2) is 11.5 Å². The molecule has 0 unspecified atom stereocenters. The van der Waals surface area contributed by atoms with Gasteiger partial charge in [0.25, 0.3) is 5.91 Å². The summed E-state index contributed by atoms with van der Waals surface area (Å²) in [6, 6.07) is 17.5. The van der Waals surface area contributed by atoms with Gasteiger partial charge in [-0.2, -0.15) is 5.10 Å². The topological polar surface area (TPSA) is 83.0 Å². The summed E-state index contributed by atoms with van der Waals surface area (Å²) in [6.07, 6.45) is 1.46. The summed E-state index contributed by atoms with van der Waals surface area (Å²) in [5.41, 5.74) is 6.08. The number of carbonyl (C=O) groups excluding carboxylic acids is 1. The summed E-state index contributed by atoms with van der Waals surface area (Å²) in [7, 11) is 1.46. The van der Waals surface area contributed by atoms with E-state index in [2.05, 4.69) is 15.8 Å². The first-order valence-corrected chi connectivity index (χ1v) is 9.17. The molecule has 3 aromatic rings. The van der Waals surface area contributed by atoms with Crippen LogP contribution >= 0.6 is 11.6 Å². The Labute approximate surface area is 173 Å². The van der Waals surface area contributed by atoms with E-state index in [1.807, 2.05) is 31.2 Å². The van der Waals surface area contributed by atoms with Crippen LogP contribution < -0.4 is 15.5 Å². The van der Waals surface area contributed by atoms with Crippen molar-refractivity contribution in [3.63, 3.8) is 0 Å². The van der Waals surface area contributed by atoms with E-state index in [1.54, 1.807) is 30.3 Å². The van der Waals surface area contributed by atoms with Crippen molar-refractivity contribution in [2.24, 2.45) is 5.10 Å². The van der Waals surface area contributed by atoms with E-state index < -0.39 is 0 Å². The Morgan fingerprint density at radius 1 is 1.14 bits per heavy atom. The second-order valence-electron chi connectivity index (χ2n) is 6.31. The summed E-state index contributed by atoms with van der Waals surface area (Å²) < 4.78 is 5.05. The number of rotatable bonds is 6. The predicted octanol–water partition coefficient (Wildman–Crippen LogP) is 4.87. The van der Waals surface area contributed by atoms with E-state index in [-0.39, 0.29) is 11.7 Å². The van der Waals surface area contributed by atoms with Gasteiger partial charge < -0.3 is 15.2 Å². The maximum atomic E-state index is 12.6. The monoisotopic (exact) mass is 409 g/mol. The molecule has 1 amide bonds. The Kier molecular flexibility index (Phi) is 6.36. The van der Waals surface area contributed by atoms with Gasteiger partial charge in [-0.1, -0.05) is 23.7 Å². The van der Waals surface area contributed by atoms with Crippen molar-refractivity contribution in [1.82, 2.24) is 5.43 Å². The molecule has 0 aliphatic carbocycles. The molecule has 0 radical (unpaired) electrons. The first-order valence-electron chi connectivity index (χ1n) is 8.80. The molecule has 0 saturated heterocycles. The van der Waals surface area contributed by atoms with Gasteiger partial charge in [0.1, 0.15) is 0 Å². The number of phenolic OH excluding ortho intramolecular Hbond substituents is 1. The average Bonchev–Trinajstić information content (AvgIpc) is 2.69. The van der Waals surface area contributed by atoms with Gasteiger partial charge >= 0.3 is 0 Å². The number of amides is 1. The minimum Gasteiger partial charge on any atom is -0.504 e. The minimum absolute atomic E-state index is 0.0294. The van der Waals surface area contributed by atoms with Crippen molar-refractivity contribution < 1.29 is 14.6 Å². The van der Waals surface area contributed by atoms with Gasteiger partial charge in [-0.15, -0.1) is 0 Å². The van der Waals surface area contributed by atoms with Crippen molar-refractivity contribution in [2.75, 3.05) is 12.4 Å². The summed E-state index contributed by atoms with van der Waals surface area (Å²) in [5.74, 6) is -0.0388. The first-order chi connectivity index (χ1) is 14.0. The lowest BCUT2D eigenvalue weighted by Gasteiger charge is -2.12. The van der Waals surface area contributed by atoms with E-state index in [1.165, 1.54) is 19.4 Å². The highest BCUT2D eigenvalue weighted by molar-refractivity contribution is 6.31. The Balaban J connectivity index is 1.77. The third-order valence-corrected chi connectivity index (χ3v) is 4.34. The normalized spacial score (nSPS) is 10.7. The molecule has 0 atom stereocenters. The highest BCUT2D eigenvalue weighted by Crippen LogP contribution is 2.26. The number of hydrogen-bond acceptors (Lipinski definition) is 5. The van der Waals surface area contributed by atoms with E-state index in [0.717, 1.165) is 11.3 Å². The summed E-state index contributed by atoms with van der Waals surface area (Å²) in [5, 5.41) is 17.4. The Morgan fingerprint density at radius 3 is 2.72 bits per heavy atom. The van der Waals surface area contributed by atoms with Crippen LogP contribution in [0.15, 0.2) is 65.8 Å². The SMILES string of the molecule is COc1cc(/C=N/NC(=O)c2ccc(Cl)cc2Nc2cccc(C)c2)ccc1O. The molecular weight excluding hydrogens is 390 g/mol. The van der Waals surface area contributed by atoms with E-state index >= 15 is 0 Å². The smallest absolute Gasteiger partial charge is 0.273 e. The molecule has 0 aromatic heterocycles. The number of carbonyl (C=O) groups is 1. The fourth-order valence-corrected chi connectivity index (χ4v) is 2.87. The molecule has 0 fully saturated rings. The fourth-order valence-electron chi connectivity index (χ4n) is 2.70. The lowest BCUT2D eigenvalue weighted by Crippen LogP contribution is -2.19. The van der Waals surface area contributed by atoms with Crippen LogP contribution in [0.1, 0.15) is 21.5 Å². The molecule has 0 aliphatic rings. The molecule has 0 aliphatic heterocycles. The number of methoxy groups -OCH3 is 1. The molecule has 0 heterocycles. The number of aromatic hydroxyl groups is 1. The molecule has 6 nitrogen and oxygen atoms in total. The maximum Gasteiger partial charge on any atom is 0.273 e. The van der Waals surface area contributed by atoms with Crippen LogP contribution in [0.4, 0.5) is 11.4 Å². The Hall–Kier alpha value is -3.51. The zero-order chi connectivity index (χ0) is 20.8. The van der Waals surface area contributed by atoms with Crippen molar-refractivity contribution in [3.8, 4) is 11.5 Å². The van der Waals surface area contributed by atoms with Crippen molar-refractivity contribution in [1.29, 1.82) is 0 Å². The zero-order valence-corrected chi connectivity index (χ0v) is 16.7. The number of benzene rings is 3. The number of anilines is 2. The van der Waals surface area contributed by atoms with Gasteiger partial charge in [-0.25, -0.2) is 5.43 Å². The third-order valence-electron chi connectivity index (χ3n) is 4.11. The van der Waals surface area contributed by atoms with Crippen LogP contribution in [-0.2, 0) is 0 Å². The van der Waals surface area contributed by atoms with Crippen molar-refractivity contribution in [3.05, 3.63) is 82.4 Å². The number of halogens is 1. The average molecular weight is 410 g/mol. The fraction of sp³-hybridized carbons (Fsp3) is 0.0909. The van der Waals surface area contributed by atoms with Gasteiger partial charge in [-0.05, 0) is 66.6 Å². The lowest BCUT2D eigenvalue weighted by molar-refractivity contribution is 0.0956. The number of nitrogens with one attached hydrogen (secondary N) is 2. The largest absolute Gasteiger partial charge is 0.504 e. The number of hydrogen-bond donors (Lipinski definition) is 3. The van der Waals surface area contributed by atoms with Crippen LogP contribution in [0.25, 0.3) is 0 Å². The highest BCUT2D eigenvalue weighted by Gasteiger charge is 2.12.